The van der Waals surface area contributed by atoms with E-state index < -0.39 is 5.97 Å². The fraction of sp³-hybridized carbons (Fsp3) is 0.349. The highest BCUT2D eigenvalue weighted by molar-refractivity contribution is 5.97. The van der Waals surface area contributed by atoms with Gasteiger partial charge >= 0.3 is 5.97 Å². The van der Waals surface area contributed by atoms with Crippen LogP contribution in [0.3, 0.4) is 0 Å². The van der Waals surface area contributed by atoms with Crippen molar-refractivity contribution in [2.75, 3.05) is 40.4 Å². The number of oxazole rings is 1. The van der Waals surface area contributed by atoms with Crippen LogP contribution < -0.4 is 9.47 Å². The quantitative estimate of drug-likeness (QED) is 0.157. The Labute approximate surface area is 318 Å². The van der Waals surface area contributed by atoms with Gasteiger partial charge in [0.2, 0.25) is 5.89 Å². The smallest absolute Gasteiger partial charge is 0.306 e. The topological polar surface area (TPSA) is 150 Å². The van der Waals surface area contributed by atoms with Crippen LogP contribution in [0, 0.1) is 29.6 Å². The summed E-state index contributed by atoms with van der Waals surface area (Å²) in [5.74, 6) is 0.931. The maximum atomic E-state index is 11.3. The number of nitrogens with zero attached hydrogens (tertiary/aromatic N) is 6. The normalized spacial score (nSPS) is 18.4. The van der Waals surface area contributed by atoms with Gasteiger partial charge in [-0.3, -0.25) is 14.6 Å². The van der Waals surface area contributed by atoms with Crippen molar-refractivity contribution < 1.29 is 28.9 Å². The van der Waals surface area contributed by atoms with Gasteiger partial charge in [-0.1, -0.05) is 24.3 Å². The number of methoxy groups -OCH3 is 2. The van der Waals surface area contributed by atoms with Gasteiger partial charge in [0.1, 0.15) is 23.1 Å². The van der Waals surface area contributed by atoms with Crippen LogP contribution in [-0.4, -0.2) is 87.2 Å². The Bertz CT molecular complexity index is 2490. The van der Waals surface area contributed by atoms with Gasteiger partial charge < -0.3 is 24.1 Å². The van der Waals surface area contributed by atoms with Crippen molar-refractivity contribution in [2.24, 2.45) is 11.3 Å². The standard InChI is InChI=1S/C43H42N6O6/c1-25-31(33-8-5-9-37-34(33)19-45-49(37)29-14-38(53-2)35(39(15-29)54-3)22-47-11-10-30(50)21-47)6-4-7-32(25)41-46-36-13-26(12-27(18-44)40(36)55-41)20-48-23-43(24-48)16-28(17-43)42(51)52/h4-9,12-15,19,28,30,50H,10-11,16-17,20-24H2,1-3H3,(H,51,52)/t30-/m1/s1. The molecule has 55 heavy (non-hydrogen) atoms. The number of aliphatic hydroxyl groups is 1. The van der Waals surface area contributed by atoms with E-state index in [2.05, 4.69) is 34.9 Å². The number of aromatic nitrogens is 3. The van der Waals surface area contributed by atoms with Crippen LogP contribution in [0.5, 0.6) is 11.5 Å². The third-order valence-corrected chi connectivity index (χ3v) is 11.8. The first-order valence-electron chi connectivity index (χ1n) is 18.7. The van der Waals surface area contributed by atoms with Crippen LogP contribution in [0.25, 0.3) is 50.3 Å². The number of carboxylic acid groups (broad SMARTS) is 1. The van der Waals surface area contributed by atoms with Crippen molar-refractivity contribution in [1.82, 2.24) is 24.6 Å². The van der Waals surface area contributed by atoms with E-state index in [1.54, 1.807) is 14.2 Å². The number of rotatable bonds is 10. The summed E-state index contributed by atoms with van der Waals surface area (Å²) < 4.78 is 20.0. The molecule has 1 atom stereocenters. The first kappa shape index (κ1) is 35.0. The van der Waals surface area contributed by atoms with Crippen LogP contribution in [0.15, 0.2) is 71.3 Å². The van der Waals surface area contributed by atoms with Gasteiger partial charge in [0.05, 0.1) is 54.8 Å². The van der Waals surface area contributed by atoms with E-state index >= 15 is 0 Å². The minimum absolute atomic E-state index is 0.129. The Hall–Kier alpha value is -5.74. The van der Waals surface area contributed by atoms with E-state index in [1.165, 1.54) is 0 Å². The van der Waals surface area contributed by atoms with E-state index in [1.807, 2.05) is 59.4 Å². The molecule has 4 heterocycles. The number of hydrogen-bond donors (Lipinski definition) is 2. The Balaban J connectivity index is 1.01. The largest absolute Gasteiger partial charge is 0.496 e. The molecule has 0 radical (unpaired) electrons. The molecule has 3 aliphatic rings. The molecular weight excluding hydrogens is 697 g/mol. The third-order valence-electron chi connectivity index (χ3n) is 11.8. The second-order valence-corrected chi connectivity index (χ2v) is 15.5. The summed E-state index contributed by atoms with van der Waals surface area (Å²) in [6, 6.07) is 22.4. The van der Waals surface area contributed by atoms with Gasteiger partial charge in [0.15, 0.2) is 5.58 Å². The van der Waals surface area contributed by atoms with Crippen molar-refractivity contribution in [3.63, 3.8) is 0 Å². The fourth-order valence-electron chi connectivity index (χ4n) is 9.15. The monoisotopic (exact) mass is 738 g/mol. The number of benzene rings is 4. The number of fused-ring (bicyclic) bond motifs is 2. The zero-order valence-electron chi connectivity index (χ0n) is 31.1. The molecule has 280 valence electrons. The highest BCUT2D eigenvalue weighted by Gasteiger charge is 2.54. The summed E-state index contributed by atoms with van der Waals surface area (Å²) in [4.78, 5) is 20.7. The van der Waals surface area contributed by atoms with Crippen molar-refractivity contribution in [3.8, 4) is 45.8 Å². The van der Waals surface area contributed by atoms with E-state index in [4.69, 9.17) is 24.0 Å². The van der Waals surface area contributed by atoms with Crippen LogP contribution in [0.2, 0.25) is 0 Å². The van der Waals surface area contributed by atoms with Crippen LogP contribution in [0.4, 0.5) is 0 Å². The Morgan fingerprint density at radius 1 is 1.00 bits per heavy atom. The lowest BCUT2D eigenvalue weighted by atomic mass is 9.57. The number of ether oxygens (including phenoxy) is 2. The van der Waals surface area contributed by atoms with Crippen molar-refractivity contribution in [1.29, 1.82) is 5.26 Å². The van der Waals surface area contributed by atoms with E-state index in [0.717, 1.165) is 88.9 Å². The van der Waals surface area contributed by atoms with Gasteiger partial charge in [-0.15, -0.1) is 0 Å². The number of β-amino-alcohol motifs (C(OH)–C–C–N with tert-alkyl or cyclic N) is 1. The molecule has 9 rings (SSSR count). The molecule has 12 heteroatoms. The number of aliphatic carboxylic acids is 1. The summed E-state index contributed by atoms with van der Waals surface area (Å²) in [6.45, 7) is 6.52. The summed E-state index contributed by atoms with van der Waals surface area (Å²) >= 11 is 0. The average molecular weight is 739 g/mol. The zero-order valence-corrected chi connectivity index (χ0v) is 31.1. The molecule has 0 unspecified atom stereocenters. The molecule has 0 amide bonds. The molecule has 2 aliphatic heterocycles. The van der Waals surface area contributed by atoms with Gasteiger partial charge in [-0.25, -0.2) is 9.67 Å². The molecule has 6 aromatic rings. The molecular formula is C43H42N6O6. The Kier molecular flexibility index (Phi) is 8.61. The summed E-state index contributed by atoms with van der Waals surface area (Å²) in [7, 11) is 3.31. The lowest BCUT2D eigenvalue weighted by Gasteiger charge is -2.58. The lowest BCUT2D eigenvalue weighted by Crippen LogP contribution is -2.62. The summed E-state index contributed by atoms with van der Waals surface area (Å²) in [5.41, 5.74) is 9.15. The van der Waals surface area contributed by atoms with E-state index in [9.17, 15) is 20.3 Å². The minimum Gasteiger partial charge on any atom is -0.496 e. The first-order chi connectivity index (χ1) is 26.7. The Morgan fingerprint density at radius 3 is 2.42 bits per heavy atom. The molecule has 3 fully saturated rings. The molecule has 1 spiro atoms. The SMILES string of the molecule is COc1cc(-n2ncc3c(-c4cccc(-c5nc6cc(CN7CC8(CC(C(=O)O)C8)C7)cc(C#N)c6o5)c4C)cccc32)cc(OC)c1CN1CC[C@@H](O)C1. The van der Waals surface area contributed by atoms with E-state index in [-0.39, 0.29) is 17.4 Å². The van der Waals surface area contributed by atoms with Crippen molar-refractivity contribution >= 4 is 28.0 Å². The first-order valence-corrected chi connectivity index (χ1v) is 18.7. The third kappa shape index (κ3) is 6.09. The van der Waals surface area contributed by atoms with Crippen LogP contribution in [0.1, 0.15) is 41.5 Å². The molecule has 12 nitrogen and oxygen atoms in total. The Morgan fingerprint density at radius 2 is 1.73 bits per heavy atom. The minimum atomic E-state index is -0.694. The average Bonchev–Trinajstić information content (AvgIpc) is 3.90. The number of carboxylic acids is 1. The van der Waals surface area contributed by atoms with Gasteiger partial charge in [0.25, 0.3) is 0 Å². The van der Waals surface area contributed by atoms with Gasteiger partial charge in [0, 0.05) is 62.4 Å². The zero-order chi connectivity index (χ0) is 38.0. The highest BCUT2D eigenvalue weighted by atomic mass is 16.5. The predicted molar refractivity (Wildman–Crippen MR) is 206 cm³/mol. The molecule has 2 saturated heterocycles. The second kappa shape index (κ2) is 13.5. The number of aliphatic hydroxyl groups excluding tert-OH is 1. The van der Waals surface area contributed by atoms with Crippen LogP contribution >= 0.6 is 0 Å². The molecule has 2 aromatic heterocycles. The molecule has 2 N–H and O–H groups in total. The molecule has 1 aliphatic carbocycles. The maximum Gasteiger partial charge on any atom is 0.306 e. The fourth-order valence-corrected chi connectivity index (χ4v) is 9.15. The van der Waals surface area contributed by atoms with Crippen LogP contribution in [-0.2, 0) is 17.9 Å². The lowest BCUT2D eigenvalue weighted by molar-refractivity contribution is -0.161. The van der Waals surface area contributed by atoms with E-state index in [0.29, 0.717) is 53.7 Å². The van der Waals surface area contributed by atoms with Gasteiger partial charge in [-0.05, 0) is 78.1 Å². The summed E-state index contributed by atoms with van der Waals surface area (Å²) in [5, 5.41) is 35.3. The molecule has 4 aromatic carbocycles. The van der Waals surface area contributed by atoms with Gasteiger partial charge in [-0.2, -0.15) is 10.4 Å². The highest BCUT2D eigenvalue weighted by Crippen LogP contribution is 2.52. The number of hydrogen-bond acceptors (Lipinski definition) is 10. The number of likely N-dealkylation sites (tertiary alicyclic amines) is 2. The molecule has 0 bridgehead atoms. The number of nitriles is 1. The summed E-state index contributed by atoms with van der Waals surface area (Å²) in [6.07, 6.45) is 3.81. The van der Waals surface area contributed by atoms with Crippen molar-refractivity contribution in [3.05, 3.63) is 89.1 Å². The predicted octanol–water partition coefficient (Wildman–Crippen LogP) is 6.56. The second-order valence-electron chi connectivity index (χ2n) is 15.5. The number of carbonyl (C=O) groups is 1. The maximum absolute atomic E-state index is 11.3. The molecule has 1 saturated carbocycles. The van der Waals surface area contributed by atoms with Crippen molar-refractivity contribution in [2.45, 2.75) is 45.4 Å².